The summed E-state index contributed by atoms with van der Waals surface area (Å²) in [5, 5.41) is 3.46. The van der Waals surface area contributed by atoms with Gasteiger partial charge in [-0.1, -0.05) is 13.8 Å². The van der Waals surface area contributed by atoms with Gasteiger partial charge < -0.3 is 15.2 Å². The third-order valence-corrected chi connectivity index (χ3v) is 3.69. The van der Waals surface area contributed by atoms with Crippen LogP contribution in [0.4, 0.5) is 0 Å². The van der Waals surface area contributed by atoms with E-state index >= 15 is 0 Å². The SMILES string of the molecule is CCNC1CCN(C(=O)c2ccc(=O)[nH]c2)CC1C. The van der Waals surface area contributed by atoms with E-state index in [2.05, 4.69) is 24.1 Å². The van der Waals surface area contributed by atoms with Gasteiger partial charge in [-0.15, -0.1) is 0 Å². The maximum atomic E-state index is 12.3. The van der Waals surface area contributed by atoms with Gasteiger partial charge in [-0.3, -0.25) is 9.59 Å². The average Bonchev–Trinajstić information content (AvgIpc) is 2.41. The highest BCUT2D eigenvalue weighted by Gasteiger charge is 2.28. The summed E-state index contributed by atoms with van der Waals surface area (Å²) in [6.07, 6.45) is 2.47. The molecule has 2 N–H and O–H groups in total. The number of hydrogen-bond acceptors (Lipinski definition) is 3. The Kier molecular flexibility index (Phi) is 4.37. The van der Waals surface area contributed by atoms with E-state index in [0.717, 1.165) is 26.1 Å². The Bertz CT molecular complexity index is 477. The lowest BCUT2D eigenvalue weighted by Gasteiger charge is -2.37. The van der Waals surface area contributed by atoms with Crippen LogP contribution in [0.5, 0.6) is 0 Å². The number of rotatable bonds is 3. The first-order chi connectivity index (χ1) is 9.11. The van der Waals surface area contributed by atoms with Gasteiger partial charge in [-0.05, 0) is 24.9 Å². The number of nitrogens with one attached hydrogen (secondary N) is 2. The van der Waals surface area contributed by atoms with Crippen LogP contribution in [0.3, 0.4) is 0 Å². The number of piperidine rings is 1. The fraction of sp³-hybridized carbons (Fsp3) is 0.571. The molecule has 1 fully saturated rings. The number of carbonyl (C=O) groups is 1. The molecule has 1 aliphatic rings. The van der Waals surface area contributed by atoms with Crippen molar-refractivity contribution in [1.82, 2.24) is 15.2 Å². The maximum absolute atomic E-state index is 12.3. The van der Waals surface area contributed by atoms with E-state index in [1.54, 1.807) is 6.07 Å². The van der Waals surface area contributed by atoms with Gasteiger partial charge in [-0.2, -0.15) is 0 Å². The molecule has 0 aliphatic carbocycles. The van der Waals surface area contributed by atoms with E-state index in [1.807, 2.05) is 4.90 Å². The lowest BCUT2D eigenvalue weighted by molar-refractivity contribution is 0.0645. The molecule has 2 heterocycles. The Balaban J connectivity index is 2.02. The molecule has 0 saturated carbocycles. The first-order valence-electron chi connectivity index (χ1n) is 6.83. The fourth-order valence-corrected chi connectivity index (χ4v) is 2.62. The Hall–Kier alpha value is -1.62. The minimum absolute atomic E-state index is 0.00181. The van der Waals surface area contributed by atoms with Crippen LogP contribution in [-0.2, 0) is 0 Å². The van der Waals surface area contributed by atoms with Crippen LogP contribution < -0.4 is 10.9 Å². The molecule has 1 saturated heterocycles. The molecule has 0 aromatic carbocycles. The second-order valence-corrected chi connectivity index (χ2v) is 5.12. The second kappa shape index (κ2) is 6.02. The van der Waals surface area contributed by atoms with Gasteiger partial charge in [0, 0.05) is 31.4 Å². The monoisotopic (exact) mass is 263 g/mol. The molecule has 19 heavy (non-hydrogen) atoms. The number of amides is 1. The van der Waals surface area contributed by atoms with Crippen molar-refractivity contribution < 1.29 is 4.79 Å². The molecule has 2 unspecified atom stereocenters. The Morgan fingerprint density at radius 1 is 1.53 bits per heavy atom. The normalized spacial score (nSPS) is 23.4. The van der Waals surface area contributed by atoms with Crippen LogP contribution in [0.25, 0.3) is 0 Å². The van der Waals surface area contributed by atoms with Gasteiger partial charge in [0.1, 0.15) is 0 Å². The maximum Gasteiger partial charge on any atom is 0.255 e. The summed E-state index contributed by atoms with van der Waals surface area (Å²) in [6.45, 7) is 6.75. The predicted molar refractivity (Wildman–Crippen MR) is 74.2 cm³/mol. The molecule has 5 heteroatoms. The van der Waals surface area contributed by atoms with Crippen LogP contribution in [-0.4, -0.2) is 41.5 Å². The third-order valence-electron chi connectivity index (χ3n) is 3.69. The van der Waals surface area contributed by atoms with E-state index in [-0.39, 0.29) is 11.5 Å². The summed E-state index contributed by atoms with van der Waals surface area (Å²) >= 11 is 0. The second-order valence-electron chi connectivity index (χ2n) is 5.12. The number of H-pyrrole nitrogens is 1. The zero-order valence-corrected chi connectivity index (χ0v) is 11.5. The predicted octanol–water partition coefficient (Wildman–Crippen LogP) is 0.835. The van der Waals surface area contributed by atoms with Crippen molar-refractivity contribution in [3.8, 4) is 0 Å². The van der Waals surface area contributed by atoms with E-state index in [0.29, 0.717) is 17.5 Å². The van der Waals surface area contributed by atoms with E-state index < -0.39 is 0 Å². The molecule has 5 nitrogen and oxygen atoms in total. The van der Waals surface area contributed by atoms with Crippen LogP contribution >= 0.6 is 0 Å². The minimum atomic E-state index is -0.184. The quantitative estimate of drug-likeness (QED) is 0.849. The molecule has 2 atom stereocenters. The molecule has 1 amide bonds. The molecule has 2 rings (SSSR count). The molecule has 1 aromatic heterocycles. The van der Waals surface area contributed by atoms with Crippen molar-refractivity contribution in [2.45, 2.75) is 26.3 Å². The molecule has 1 aliphatic heterocycles. The van der Waals surface area contributed by atoms with E-state index in [9.17, 15) is 9.59 Å². The molecular formula is C14H21N3O2. The standard InChI is InChI=1S/C14H21N3O2/c1-3-15-12-6-7-17(9-10(12)2)14(19)11-4-5-13(18)16-8-11/h4-5,8,10,12,15H,3,6-7,9H2,1-2H3,(H,16,18). The largest absolute Gasteiger partial charge is 0.338 e. The number of carbonyl (C=O) groups excluding carboxylic acids is 1. The first kappa shape index (κ1) is 13.8. The van der Waals surface area contributed by atoms with Crippen molar-refractivity contribution >= 4 is 5.91 Å². The van der Waals surface area contributed by atoms with Gasteiger partial charge in [0.05, 0.1) is 5.56 Å². The number of aromatic amines is 1. The van der Waals surface area contributed by atoms with Crippen molar-refractivity contribution in [3.63, 3.8) is 0 Å². The molecule has 0 spiro atoms. The van der Waals surface area contributed by atoms with Crippen molar-refractivity contribution in [2.24, 2.45) is 5.92 Å². The summed E-state index contributed by atoms with van der Waals surface area (Å²) in [6, 6.07) is 3.47. The number of likely N-dealkylation sites (tertiary alicyclic amines) is 1. The lowest BCUT2D eigenvalue weighted by Crippen LogP contribution is -2.50. The highest BCUT2D eigenvalue weighted by Crippen LogP contribution is 2.18. The van der Waals surface area contributed by atoms with Crippen LogP contribution in [0.2, 0.25) is 0 Å². The molecule has 104 valence electrons. The van der Waals surface area contributed by atoms with Gasteiger partial charge in [0.25, 0.3) is 5.91 Å². The number of nitrogens with zero attached hydrogens (tertiary/aromatic N) is 1. The minimum Gasteiger partial charge on any atom is -0.338 e. The summed E-state index contributed by atoms with van der Waals surface area (Å²) in [5.74, 6) is 0.443. The topological polar surface area (TPSA) is 65.2 Å². The fourth-order valence-electron chi connectivity index (χ4n) is 2.62. The molecular weight excluding hydrogens is 242 g/mol. The number of pyridine rings is 1. The summed E-state index contributed by atoms with van der Waals surface area (Å²) < 4.78 is 0. The third kappa shape index (κ3) is 3.23. The van der Waals surface area contributed by atoms with E-state index in [1.165, 1.54) is 12.3 Å². The molecule has 0 bridgehead atoms. The smallest absolute Gasteiger partial charge is 0.255 e. The van der Waals surface area contributed by atoms with Crippen molar-refractivity contribution in [3.05, 3.63) is 34.2 Å². The Labute approximate surface area is 113 Å². The van der Waals surface area contributed by atoms with Gasteiger partial charge >= 0.3 is 0 Å². The summed E-state index contributed by atoms with van der Waals surface area (Å²) in [7, 11) is 0. The van der Waals surface area contributed by atoms with Crippen LogP contribution in [0.1, 0.15) is 30.6 Å². The molecule has 0 radical (unpaired) electrons. The highest BCUT2D eigenvalue weighted by atomic mass is 16.2. The summed E-state index contributed by atoms with van der Waals surface area (Å²) in [4.78, 5) is 27.7. The van der Waals surface area contributed by atoms with E-state index in [4.69, 9.17) is 0 Å². The van der Waals surface area contributed by atoms with Crippen molar-refractivity contribution in [1.29, 1.82) is 0 Å². The lowest BCUT2D eigenvalue weighted by atomic mass is 9.93. The van der Waals surface area contributed by atoms with Gasteiger partial charge in [0.2, 0.25) is 5.56 Å². The van der Waals surface area contributed by atoms with Gasteiger partial charge in [0.15, 0.2) is 0 Å². The number of hydrogen-bond donors (Lipinski definition) is 2. The van der Waals surface area contributed by atoms with Crippen LogP contribution in [0, 0.1) is 5.92 Å². The van der Waals surface area contributed by atoms with Gasteiger partial charge in [-0.25, -0.2) is 0 Å². The highest BCUT2D eigenvalue weighted by molar-refractivity contribution is 5.93. The first-order valence-corrected chi connectivity index (χ1v) is 6.83. The average molecular weight is 263 g/mol. The zero-order chi connectivity index (χ0) is 13.8. The van der Waals surface area contributed by atoms with Crippen molar-refractivity contribution in [2.75, 3.05) is 19.6 Å². The zero-order valence-electron chi connectivity index (χ0n) is 11.5. The number of aromatic nitrogens is 1. The van der Waals surface area contributed by atoms with Crippen LogP contribution in [0.15, 0.2) is 23.1 Å². The Morgan fingerprint density at radius 3 is 2.89 bits per heavy atom. The molecule has 1 aromatic rings. The summed E-state index contributed by atoms with van der Waals surface area (Å²) in [5.41, 5.74) is 0.365. The Morgan fingerprint density at radius 2 is 2.32 bits per heavy atom.